The minimum absolute atomic E-state index is 0.0582. The van der Waals surface area contributed by atoms with Crippen LogP contribution in [0.4, 0.5) is 10.1 Å². The Labute approximate surface area is 217 Å². The molecule has 0 spiro atoms. The van der Waals surface area contributed by atoms with E-state index in [-0.39, 0.29) is 18.0 Å². The molecule has 0 atom stereocenters. The molecule has 0 aliphatic carbocycles. The normalized spacial score (nSPS) is 10.9. The summed E-state index contributed by atoms with van der Waals surface area (Å²) in [6.45, 7) is 4.93. The summed E-state index contributed by atoms with van der Waals surface area (Å²) in [5, 5.41) is 12.3. The number of nitrogens with one attached hydrogen (secondary N) is 1. The van der Waals surface area contributed by atoms with E-state index >= 15 is 0 Å². The fraction of sp³-hybridized carbons (Fsp3) is 0.185. The van der Waals surface area contributed by atoms with Gasteiger partial charge in [-0.3, -0.25) is 4.79 Å². The fourth-order valence-electron chi connectivity index (χ4n) is 3.13. The third-order valence-electron chi connectivity index (χ3n) is 4.73. The number of hydrogen-bond acceptors (Lipinski definition) is 5. The van der Waals surface area contributed by atoms with Gasteiger partial charge in [-0.15, -0.1) is 0 Å². The Kier molecular flexibility index (Phi) is 9.49. The van der Waals surface area contributed by atoms with Gasteiger partial charge in [0.2, 0.25) is 0 Å². The van der Waals surface area contributed by atoms with Crippen LogP contribution in [0.2, 0.25) is 0 Å². The van der Waals surface area contributed by atoms with Crippen LogP contribution in [-0.2, 0) is 11.4 Å². The maximum atomic E-state index is 13.2. The summed E-state index contributed by atoms with van der Waals surface area (Å²) in [5.41, 5.74) is 1.92. The zero-order valence-electron chi connectivity index (χ0n) is 19.3. The van der Waals surface area contributed by atoms with Crippen molar-refractivity contribution in [2.24, 2.45) is 0 Å². The summed E-state index contributed by atoms with van der Waals surface area (Å²) < 4.78 is 31.0. The fourth-order valence-corrected chi connectivity index (χ4v) is 3.91. The highest BCUT2D eigenvalue weighted by atomic mass is 127. The van der Waals surface area contributed by atoms with Crippen molar-refractivity contribution in [1.29, 1.82) is 5.26 Å². The van der Waals surface area contributed by atoms with Gasteiger partial charge >= 0.3 is 0 Å². The number of nitriles is 1. The van der Waals surface area contributed by atoms with Crippen LogP contribution in [0.3, 0.4) is 0 Å². The minimum atomic E-state index is -0.527. The molecule has 0 saturated heterocycles. The first-order chi connectivity index (χ1) is 16.9. The number of carbonyl (C=O) groups excluding carboxylic acids is 1. The van der Waals surface area contributed by atoms with Gasteiger partial charge in [-0.2, -0.15) is 5.26 Å². The molecule has 0 aromatic heterocycles. The van der Waals surface area contributed by atoms with E-state index in [0.717, 1.165) is 9.13 Å². The smallest absolute Gasteiger partial charge is 0.266 e. The standard InChI is InChI=1S/C27H24FIN2O4/c1-3-33-23-11-9-22(10-12-23)31-27(32)20(16-30)13-19-14-24(29)26(25(15-19)34-4-2)35-17-18-5-7-21(28)8-6-18/h5-15H,3-4,17H2,1-2H3,(H,31,32)/b20-13-. The lowest BCUT2D eigenvalue weighted by atomic mass is 10.1. The van der Waals surface area contributed by atoms with Gasteiger partial charge in [0.1, 0.15) is 29.8 Å². The maximum Gasteiger partial charge on any atom is 0.266 e. The van der Waals surface area contributed by atoms with Gasteiger partial charge < -0.3 is 19.5 Å². The molecular weight excluding hydrogens is 562 g/mol. The van der Waals surface area contributed by atoms with Crippen LogP contribution < -0.4 is 19.5 Å². The van der Waals surface area contributed by atoms with Crippen molar-refractivity contribution in [2.45, 2.75) is 20.5 Å². The van der Waals surface area contributed by atoms with Crippen molar-refractivity contribution in [3.63, 3.8) is 0 Å². The van der Waals surface area contributed by atoms with Gasteiger partial charge in [0.15, 0.2) is 11.5 Å². The van der Waals surface area contributed by atoms with E-state index in [1.165, 1.54) is 18.2 Å². The highest BCUT2D eigenvalue weighted by molar-refractivity contribution is 14.1. The van der Waals surface area contributed by atoms with Crippen LogP contribution in [0.25, 0.3) is 6.08 Å². The summed E-state index contributed by atoms with van der Waals surface area (Å²) in [6.07, 6.45) is 1.50. The van der Waals surface area contributed by atoms with Crippen LogP contribution in [0.5, 0.6) is 17.2 Å². The maximum absolute atomic E-state index is 13.2. The Morgan fingerprint density at radius 2 is 1.71 bits per heavy atom. The minimum Gasteiger partial charge on any atom is -0.494 e. The third-order valence-corrected chi connectivity index (χ3v) is 5.53. The second kappa shape index (κ2) is 12.8. The largest absolute Gasteiger partial charge is 0.494 e. The van der Waals surface area contributed by atoms with Crippen LogP contribution in [0.1, 0.15) is 25.0 Å². The predicted octanol–water partition coefficient (Wildman–Crippen LogP) is 6.35. The number of nitrogens with zero attached hydrogens (tertiary/aromatic N) is 1. The second-order valence-corrected chi connectivity index (χ2v) is 8.42. The second-order valence-electron chi connectivity index (χ2n) is 7.26. The molecule has 0 heterocycles. The predicted molar refractivity (Wildman–Crippen MR) is 141 cm³/mol. The molecule has 8 heteroatoms. The molecule has 3 aromatic carbocycles. The molecule has 180 valence electrons. The topological polar surface area (TPSA) is 80.6 Å². The molecule has 0 fully saturated rings. The summed E-state index contributed by atoms with van der Waals surface area (Å²) in [5.74, 6) is 0.875. The van der Waals surface area contributed by atoms with E-state index in [1.807, 2.05) is 19.9 Å². The van der Waals surface area contributed by atoms with Crippen LogP contribution in [-0.4, -0.2) is 19.1 Å². The highest BCUT2D eigenvalue weighted by Crippen LogP contribution is 2.35. The summed E-state index contributed by atoms with van der Waals surface area (Å²) in [4.78, 5) is 12.7. The molecule has 6 nitrogen and oxygen atoms in total. The molecule has 3 aromatic rings. The lowest BCUT2D eigenvalue weighted by molar-refractivity contribution is -0.112. The van der Waals surface area contributed by atoms with Crippen molar-refractivity contribution in [3.05, 3.63) is 86.8 Å². The van der Waals surface area contributed by atoms with Gasteiger partial charge in [-0.25, -0.2) is 4.39 Å². The number of carbonyl (C=O) groups is 1. The number of benzene rings is 3. The van der Waals surface area contributed by atoms with Gasteiger partial charge in [0, 0.05) is 5.69 Å². The number of halogens is 2. The molecule has 0 saturated carbocycles. The van der Waals surface area contributed by atoms with E-state index < -0.39 is 5.91 Å². The summed E-state index contributed by atoms with van der Waals surface area (Å²) >= 11 is 2.11. The molecule has 3 rings (SSSR count). The van der Waals surface area contributed by atoms with E-state index in [1.54, 1.807) is 48.5 Å². The molecule has 0 radical (unpaired) electrons. The number of rotatable bonds is 10. The molecule has 35 heavy (non-hydrogen) atoms. The monoisotopic (exact) mass is 586 g/mol. The zero-order chi connectivity index (χ0) is 25.2. The quantitative estimate of drug-likeness (QED) is 0.170. The average Bonchev–Trinajstić information content (AvgIpc) is 2.84. The van der Waals surface area contributed by atoms with Crippen LogP contribution in [0, 0.1) is 20.7 Å². The Morgan fingerprint density at radius 3 is 2.34 bits per heavy atom. The molecule has 0 bridgehead atoms. The van der Waals surface area contributed by atoms with Gasteiger partial charge in [0.25, 0.3) is 5.91 Å². The highest BCUT2D eigenvalue weighted by Gasteiger charge is 2.15. The van der Waals surface area contributed by atoms with Gasteiger partial charge in [-0.1, -0.05) is 12.1 Å². The third kappa shape index (κ3) is 7.45. The molecule has 0 unspecified atom stereocenters. The van der Waals surface area contributed by atoms with E-state index in [4.69, 9.17) is 14.2 Å². The van der Waals surface area contributed by atoms with Crippen molar-refractivity contribution in [2.75, 3.05) is 18.5 Å². The lowest BCUT2D eigenvalue weighted by Crippen LogP contribution is -2.13. The van der Waals surface area contributed by atoms with Crippen molar-refractivity contribution < 1.29 is 23.4 Å². The van der Waals surface area contributed by atoms with E-state index in [2.05, 4.69) is 27.9 Å². The van der Waals surface area contributed by atoms with Crippen molar-refractivity contribution in [1.82, 2.24) is 0 Å². The Balaban J connectivity index is 1.79. The SMILES string of the molecule is CCOc1ccc(NC(=O)/C(C#N)=C\c2cc(I)c(OCc3ccc(F)cc3)c(OCC)c2)cc1. The Hall–Kier alpha value is -3.58. The molecule has 1 amide bonds. The van der Waals surface area contributed by atoms with Gasteiger partial charge in [0.05, 0.1) is 16.8 Å². The number of ether oxygens (including phenoxy) is 3. The lowest BCUT2D eigenvalue weighted by Gasteiger charge is -2.15. The van der Waals surface area contributed by atoms with Gasteiger partial charge in [-0.05, 0) is 102 Å². The number of amides is 1. The summed E-state index contributed by atoms with van der Waals surface area (Å²) in [6, 6.07) is 18.4. The first kappa shape index (κ1) is 26.0. The first-order valence-electron chi connectivity index (χ1n) is 10.9. The summed E-state index contributed by atoms with van der Waals surface area (Å²) in [7, 11) is 0. The molecule has 0 aliphatic rings. The molecular formula is C27H24FIN2O4. The molecule has 0 aliphatic heterocycles. The van der Waals surface area contributed by atoms with Crippen molar-refractivity contribution in [3.8, 4) is 23.3 Å². The Bertz CT molecular complexity index is 1240. The number of hydrogen-bond donors (Lipinski definition) is 1. The molecule has 1 N–H and O–H groups in total. The Morgan fingerprint density at radius 1 is 1.03 bits per heavy atom. The first-order valence-corrected chi connectivity index (χ1v) is 12.0. The van der Waals surface area contributed by atoms with E-state index in [9.17, 15) is 14.4 Å². The van der Waals surface area contributed by atoms with Crippen molar-refractivity contribution >= 4 is 40.3 Å². The van der Waals surface area contributed by atoms with E-state index in [0.29, 0.717) is 41.7 Å². The number of anilines is 1. The average molecular weight is 586 g/mol. The van der Waals surface area contributed by atoms with Crippen LogP contribution in [0.15, 0.2) is 66.2 Å². The van der Waals surface area contributed by atoms with Crippen LogP contribution >= 0.6 is 22.6 Å². The zero-order valence-corrected chi connectivity index (χ0v) is 21.5.